The van der Waals surface area contributed by atoms with Crippen LogP contribution < -0.4 is 24.4 Å². The van der Waals surface area contributed by atoms with Crippen molar-refractivity contribution in [3.63, 3.8) is 0 Å². The molecule has 2 heterocycles. The summed E-state index contributed by atoms with van der Waals surface area (Å²) in [6.45, 7) is 3.61. The van der Waals surface area contributed by atoms with Gasteiger partial charge in [-0.05, 0) is 49.8 Å². The highest BCUT2D eigenvalue weighted by Crippen LogP contribution is 2.37. The number of rotatable bonds is 6. The quantitative estimate of drug-likeness (QED) is 0.505. The summed E-state index contributed by atoms with van der Waals surface area (Å²) in [7, 11) is 3.05. The van der Waals surface area contributed by atoms with Crippen LogP contribution in [0.3, 0.4) is 0 Å². The smallest absolute Gasteiger partial charge is 0.338 e. The fraction of sp³-hybridized carbons (Fsp3) is 0.240. The summed E-state index contributed by atoms with van der Waals surface area (Å²) >= 11 is 1.19. The van der Waals surface area contributed by atoms with E-state index in [-0.39, 0.29) is 23.6 Å². The summed E-state index contributed by atoms with van der Waals surface area (Å²) in [5, 5.41) is 0. The van der Waals surface area contributed by atoms with E-state index < -0.39 is 12.0 Å². The number of thiazole rings is 1. The van der Waals surface area contributed by atoms with Crippen molar-refractivity contribution in [3.8, 4) is 11.5 Å². The van der Waals surface area contributed by atoms with Crippen LogP contribution >= 0.6 is 11.3 Å². The minimum absolute atomic E-state index is 0.178. The fourth-order valence-electron chi connectivity index (χ4n) is 3.84. The number of hydrogen-bond donors (Lipinski definition) is 0. The van der Waals surface area contributed by atoms with Crippen molar-refractivity contribution in [1.29, 1.82) is 0 Å². The number of fused-ring (bicyclic) bond motifs is 1. The van der Waals surface area contributed by atoms with Gasteiger partial charge in [-0.25, -0.2) is 14.2 Å². The van der Waals surface area contributed by atoms with Crippen molar-refractivity contribution in [3.05, 3.63) is 90.4 Å². The molecule has 1 atom stereocenters. The summed E-state index contributed by atoms with van der Waals surface area (Å²) in [6.07, 6.45) is 1.68. The maximum absolute atomic E-state index is 13.6. The van der Waals surface area contributed by atoms with E-state index in [1.807, 2.05) is 0 Å². The Balaban J connectivity index is 1.99. The van der Waals surface area contributed by atoms with Crippen LogP contribution in [0.1, 0.15) is 31.0 Å². The third-order valence-electron chi connectivity index (χ3n) is 5.42. The molecular formula is C25H23FN2O5S. The lowest BCUT2D eigenvalue weighted by molar-refractivity contribution is -0.139. The first-order valence-corrected chi connectivity index (χ1v) is 11.4. The van der Waals surface area contributed by atoms with Crippen molar-refractivity contribution >= 4 is 23.4 Å². The first-order chi connectivity index (χ1) is 16.4. The monoisotopic (exact) mass is 482 g/mol. The van der Waals surface area contributed by atoms with Crippen LogP contribution in [0.15, 0.2) is 63.5 Å². The van der Waals surface area contributed by atoms with Crippen molar-refractivity contribution in [2.45, 2.75) is 19.9 Å². The molecule has 4 rings (SSSR count). The number of nitrogens with zero attached hydrogens (tertiary/aromatic N) is 2. The topological polar surface area (TPSA) is 79.1 Å². The van der Waals surface area contributed by atoms with Gasteiger partial charge in [0.1, 0.15) is 23.4 Å². The first-order valence-electron chi connectivity index (χ1n) is 10.5. The van der Waals surface area contributed by atoms with Gasteiger partial charge in [0, 0.05) is 11.6 Å². The molecule has 1 aromatic heterocycles. The molecule has 34 heavy (non-hydrogen) atoms. The summed E-state index contributed by atoms with van der Waals surface area (Å²) in [4.78, 5) is 31.6. The van der Waals surface area contributed by atoms with Gasteiger partial charge in [0.15, 0.2) is 4.80 Å². The van der Waals surface area contributed by atoms with Gasteiger partial charge in [-0.3, -0.25) is 9.36 Å². The van der Waals surface area contributed by atoms with E-state index in [2.05, 4.69) is 4.99 Å². The zero-order valence-corrected chi connectivity index (χ0v) is 19.9. The van der Waals surface area contributed by atoms with Crippen LogP contribution in [-0.4, -0.2) is 31.4 Å². The number of carbonyl (C=O) groups excluding carboxylic acids is 1. The Kier molecular flexibility index (Phi) is 6.65. The average Bonchev–Trinajstić information content (AvgIpc) is 3.13. The van der Waals surface area contributed by atoms with Gasteiger partial charge in [0.05, 0.1) is 36.6 Å². The van der Waals surface area contributed by atoms with Crippen molar-refractivity contribution in [1.82, 2.24) is 4.57 Å². The van der Waals surface area contributed by atoms with Gasteiger partial charge >= 0.3 is 5.97 Å². The molecule has 0 N–H and O–H groups in total. The standard InChI is InChI=1S/C25H23FN2O5S/c1-5-33-24(30)21-14(2)27-25-28(22(21)18-11-10-17(31-3)13-19(18)32-4)23(29)20(34-25)12-15-6-8-16(26)9-7-15/h6-13,22H,5H2,1-4H3/b20-12+/t22-/m0/s1. The molecule has 3 aromatic rings. The Morgan fingerprint density at radius 2 is 1.91 bits per heavy atom. The molecule has 7 nitrogen and oxygen atoms in total. The lowest BCUT2D eigenvalue weighted by Gasteiger charge is -2.26. The number of methoxy groups -OCH3 is 2. The number of aromatic nitrogens is 1. The lowest BCUT2D eigenvalue weighted by Crippen LogP contribution is -2.40. The number of carbonyl (C=O) groups is 1. The van der Waals surface area contributed by atoms with Crippen LogP contribution in [-0.2, 0) is 9.53 Å². The minimum Gasteiger partial charge on any atom is -0.497 e. The van der Waals surface area contributed by atoms with Crippen LogP contribution in [0.5, 0.6) is 11.5 Å². The van der Waals surface area contributed by atoms with Crippen LogP contribution in [0, 0.1) is 5.82 Å². The average molecular weight is 483 g/mol. The Hall–Kier alpha value is -3.72. The molecule has 1 aliphatic heterocycles. The molecule has 0 bridgehead atoms. The van der Waals surface area contributed by atoms with Gasteiger partial charge in [-0.1, -0.05) is 23.5 Å². The van der Waals surface area contributed by atoms with Gasteiger partial charge in [-0.15, -0.1) is 0 Å². The van der Waals surface area contributed by atoms with Crippen LogP contribution in [0.25, 0.3) is 6.08 Å². The second-order valence-electron chi connectivity index (χ2n) is 7.46. The number of halogens is 1. The third-order valence-corrected chi connectivity index (χ3v) is 6.40. The molecule has 1 aliphatic rings. The maximum atomic E-state index is 13.6. The summed E-state index contributed by atoms with van der Waals surface area (Å²) in [5.41, 5.74) is 1.65. The molecule has 0 radical (unpaired) electrons. The van der Waals surface area contributed by atoms with Gasteiger partial charge < -0.3 is 14.2 Å². The Labute approximate surface area is 199 Å². The van der Waals surface area contributed by atoms with E-state index in [4.69, 9.17) is 14.2 Å². The number of ether oxygens (including phenoxy) is 3. The summed E-state index contributed by atoms with van der Waals surface area (Å²) in [6, 6.07) is 10.2. The van der Waals surface area contributed by atoms with Crippen LogP contribution in [0.2, 0.25) is 0 Å². The summed E-state index contributed by atoms with van der Waals surface area (Å²) < 4.78 is 31.4. The molecule has 0 aliphatic carbocycles. The second-order valence-corrected chi connectivity index (χ2v) is 8.47. The van der Waals surface area contributed by atoms with Gasteiger partial charge in [0.25, 0.3) is 5.56 Å². The molecular weight excluding hydrogens is 459 g/mol. The SMILES string of the molecule is CCOC(=O)C1=C(C)N=c2s/c(=C/c3ccc(F)cc3)c(=O)n2[C@H]1c1ccc(OC)cc1OC. The molecule has 176 valence electrons. The molecule has 0 amide bonds. The van der Waals surface area contributed by atoms with E-state index in [1.165, 1.54) is 35.1 Å². The number of benzene rings is 2. The van der Waals surface area contributed by atoms with E-state index in [9.17, 15) is 14.0 Å². The van der Waals surface area contributed by atoms with Gasteiger partial charge in [-0.2, -0.15) is 0 Å². The predicted molar refractivity (Wildman–Crippen MR) is 126 cm³/mol. The highest BCUT2D eigenvalue weighted by molar-refractivity contribution is 7.07. The predicted octanol–water partition coefficient (Wildman–Crippen LogP) is 2.95. The Morgan fingerprint density at radius 3 is 2.56 bits per heavy atom. The van der Waals surface area contributed by atoms with Crippen molar-refractivity contribution in [2.24, 2.45) is 4.99 Å². The molecule has 0 spiro atoms. The molecule has 0 saturated heterocycles. The highest BCUT2D eigenvalue weighted by atomic mass is 32.1. The Morgan fingerprint density at radius 1 is 1.18 bits per heavy atom. The number of hydrogen-bond acceptors (Lipinski definition) is 7. The van der Waals surface area contributed by atoms with Crippen molar-refractivity contribution < 1.29 is 23.4 Å². The molecule has 0 saturated carbocycles. The minimum atomic E-state index is -0.813. The zero-order chi connectivity index (χ0) is 24.4. The normalized spacial score (nSPS) is 15.6. The molecule has 0 fully saturated rings. The maximum Gasteiger partial charge on any atom is 0.338 e. The fourth-order valence-corrected chi connectivity index (χ4v) is 4.89. The van der Waals surface area contributed by atoms with E-state index >= 15 is 0 Å². The first kappa shape index (κ1) is 23.4. The highest BCUT2D eigenvalue weighted by Gasteiger charge is 2.35. The molecule has 0 unspecified atom stereocenters. The number of allylic oxidation sites excluding steroid dienone is 1. The molecule has 2 aromatic carbocycles. The largest absolute Gasteiger partial charge is 0.497 e. The van der Waals surface area contributed by atoms with Gasteiger partial charge in [0.2, 0.25) is 0 Å². The second kappa shape index (κ2) is 9.64. The van der Waals surface area contributed by atoms with E-state index in [0.717, 1.165) is 0 Å². The Bertz CT molecular complexity index is 1450. The zero-order valence-electron chi connectivity index (χ0n) is 19.1. The van der Waals surface area contributed by atoms with E-state index in [1.54, 1.807) is 57.4 Å². The van der Waals surface area contributed by atoms with Crippen molar-refractivity contribution in [2.75, 3.05) is 20.8 Å². The third kappa shape index (κ3) is 4.26. The van der Waals surface area contributed by atoms with E-state index in [0.29, 0.717) is 37.7 Å². The lowest BCUT2D eigenvalue weighted by atomic mass is 9.95. The van der Waals surface area contributed by atoms with Crippen LogP contribution in [0.4, 0.5) is 4.39 Å². The number of esters is 1. The summed E-state index contributed by atoms with van der Waals surface area (Å²) in [5.74, 6) is 0.107. The molecule has 9 heteroatoms.